The van der Waals surface area contributed by atoms with Crippen LogP contribution >= 0.6 is 0 Å². The summed E-state index contributed by atoms with van der Waals surface area (Å²) in [4.78, 5) is 7.32. The van der Waals surface area contributed by atoms with Gasteiger partial charge in [0.05, 0.1) is 40.9 Å². The zero-order chi connectivity index (χ0) is 24.2. The van der Waals surface area contributed by atoms with E-state index in [4.69, 9.17) is 13.1 Å². The number of hydrogen-bond donors (Lipinski definition) is 0. The molecule has 0 bridgehead atoms. The molecule has 0 aliphatic carbocycles. The van der Waals surface area contributed by atoms with Crippen molar-refractivity contribution in [2.75, 3.05) is 0 Å². The van der Waals surface area contributed by atoms with Crippen LogP contribution in [0.5, 0.6) is 0 Å². The number of nitrogens with zero attached hydrogens (tertiary/aromatic N) is 4. The molecule has 0 N–H and O–H groups in total. The van der Waals surface area contributed by atoms with Gasteiger partial charge in [-0.15, -0.1) is 0 Å². The van der Waals surface area contributed by atoms with E-state index in [0.29, 0.717) is 11.4 Å². The number of hydrogen-bond acceptors (Lipinski definition) is 0. The highest BCUT2D eigenvalue weighted by Gasteiger charge is 2.19. The lowest BCUT2D eigenvalue weighted by molar-refractivity contribution is 1.17. The summed E-state index contributed by atoms with van der Waals surface area (Å²) in [6, 6.07) is 36.9. The smallest absolute Gasteiger partial charge is 0.189 e. The first-order valence-electron chi connectivity index (χ1n) is 11.7. The molecule has 0 atom stereocenters. The Morgan fingerprint density at radius 1 is 0.472 bits per heavy atom. The van der Waals surface area contributed by atoms with Crippen molar-refractivity contribution in [2.45, 2.75) is 0 Å². The predicted octanol–water partition coefficient (Wildman–Crippen LogP) is 8.98. The monoisotopic (exact) mass is 458 g/mol. The Bertz CT molecular complexity index is 2080. The molecule has 5 aromatic carbocycles. The maximum absolute atomic E-state index is 7.51. The first-order chi connectivity index (χ1) is 17.8. The zero-order valence-electron chi connectivity index (χ0n) is 19.2. The standard InChI is InChI=1S/C32H18N4/c1-33-21-9-7-10-23(19-21)35-28-14-6-4-12-25(28)32-30(35)15-8-16-31(32)36-27-13-5-3-11-24(27)26-20-22(34-2)17-18-29(26)36/h3-20H. The Hall–Kier alpha value is -5.32. The van der Waals surface area contributed by atoms with Crippen LogP contribution in [0.4, 0.5) is 11.4 Å². The molecule has 0 radical (unpaired) electrons. The molecule has 36 heavy (non-hydrogen) atoms. The maximum atomic E-state index is 7.51. The first-order valence-corrected chi connectivity index (χ1v) is 11.7. The average Bonchev–Trinajstić information content (AvgIpc) is 3.45. The number of para-hydroxylation sites is 2. The van der Waals surface area contributed by atoms with Gasteiger partial charge in [-0.25, -0.2) is 9.69 Å². The molecule has 0 saturated carbocycles. The van der Waals surface area contributed by atoms with Gasteiger partial charge in [0.15, 0.2) is 11.4 Å². The van der Waals surface area contributed by atoms with E-state index < -0.39 is 0 Å². The first kappa shape index (κ1) is 20.1. The Labute approximate surface area is 207 Å². The van der Waals surface area contributed by atoms with Crippen molar-refractivity contribution in [3.8, 4) is 11.4 Å². The van der Waals surface area contributed by atoms with E-state index >= 15 is 0 Å². The summed E-state index contributed by atoms with van der Waals surface area (Å²) in [5.41, 5.74) is 7.67. The summed E-state index contributed by atoms with van der Waals surface area (Å²) in [5, 5.41) is 4.51. The van der Waals surface area contributed by atoms with E-state index in [1.54, 1.807) is 0 Å². The minimum atomic E-state index is 0.618. The van der Waals surface area contributed by atoms with E-state index in [0.717, 1.165) is 55.0 Å². The minimum absolute atomic E-state index is 0.618. The van der Waals surface area contributed by atoms with Gasteiger partial charge in [0.2, 0.25) is 0 Å². The number of aromatic nitrogens is 2. The summed E-state index contributed by atoms with van der Waals surface area (Å²) in [5.74, 6) is 0. The molecule has 0 fully saturated rings. The van der Waals surface area contributed by atoms with Gasteiger partial charge in [-0.1, -0.05) is 60.7 Å². The van der Waals surface area contributed by atoms with E-state index in [9.17, 15) is 0 Å². The average molecular weight is 459 g/mol. The Kier molecular flexibility index (Phi) is 4.24. The van der Waals surface area contributed by atoms with Crippen molar-refractivity contribution in [1.82, 2.24) is 9.13 Å². The number of rotatable bonds is 2. The Morgan fingerprint density at radius 2 is 1.11 bits per heavy atom. The largest absolute Gasteiger partial charge is 0.310 e. The van der Waals surface area contributed by atoms with Crippen LogP contribution in [0.2, 0.25) is 0 Å². The van der Waals surface area contributed by atoms with Crippen LogP contribution < -0.4 is 0 Å². The van der Waals surface area contributed by atoms with Crippen LogP contribution in [-0.4, -0.2) is 9.13 Å². The molecule has 2 heterocycles. The van der Waals surface area contributed by atoms with Gasteiger partial charge in [-0.2, -0.15) is 0 Å². The molecule has 0 unspecified atom stereocenters. The molecule has 166 valence electrons. The molecule has 7 aromatic rings. The highest BCUT2D eigenvalue weighted by atomic mass is 15.0. The molecule has 0 amide bonds. The van der Waals surface area contributed by atoms with Gasteiger partial charge in [0, 0.05) is 21.8 Å². The SMILES string of the molecule is [C-]#[N+]c1cccc(-n2c3ccccc3c3c(-n4c5ccccc5c5cc([N+]#[C-])ccc54)cccc32)c1. The van der Waals surface area contributed by atoms with Crippen LogP contribution in [0.15, 0.2) is 109 Å². The van der Waals surface area contributed by atoms with E-state index in [2.05, 4.69) is 91.6 Å². The lowest BCUT2D eigenvalue weighted by Gasteiger charge is -2.11. The van der Waals surface area contributed by atoms with E-state index in [-0.39, 0.29) is 0 Å². The zero-order valence-corrected chi connectivity index (χ0v) is 19.2. The highest BCUT2D eigenvalue weighted by Crippen LogP contribution is 2.40. The lowest BCUT2D eigenvalue weighted by Crippen LogP contribution is -1.96. The summed E-state index contributed by atoms with van der Waals surface area (Å²) in [6.45, 7) is 15.0. The van der Waals surface area contributed by atoms with Crippen LogP contribution in [0.1, 0.15) is 0 Å². The molecule has 4 heteroatoms. The molecule has 0 aliphatic rings. The van der Waals surface area contributed by atoms with Crippen molar-refractivity contribution in [2.24, 2.45) is 0 Å². The number of fused-ring (bicyclic) bond motifs is 6. The summed E-state index contributed by atoms with van der Waals surface area (Å²) >= 11 is 0. The topological polar surface area (TPSA) is 18.6 Å². The third-order valence-corrected chi connectivity index (χ3v) is 6.92. The molecule has 0 saturated heterocycles. The third kappa shape index (κ3) is 2.73. The van der Waals surface area contributed by atoms with Crippen molar-refractivity contribution in [3.63, 3.8) is 0 Å². The van der Waals surface area contributed by atoms with Gasteiger partial charge in [0.1, 0.15) is 0 Å². The minimum Gasteiger partial charge on any atom is -0.310 e. The molecule has 0 aliphatic heterocycles. The summed E-state index contributed by atoms with van der Waals surface area (Å²) in [7, 11) is 0. The van der Waals surface area contributed by atoms with Crippen LogP contribution in [0.3, 0.4) is 0 Å². The molecule has 7 rings (SSSR count). The quantitative estimate of drug-likeness (QED) is 0.230. The van der Waals surface area contributed by atoms with Gasteiger partial charge in [-0.05, 0) is 53.9 Å². The fraction of sp³-hybridized carbons (Fsp3) is 0. The molecule has 2 aromatic heterocycles. The van der Waals surface area contributed by atoms with Gasteiger partial charge < -0.3 is 9.13 Å². The fourth-order valence-corrected chi connectivity index (χ4v) is 5.46. The maximum Gasteiger partial charge on any atom is 0.189 e. The number of benzene rings is 5. The summed E-state index contributed by atoms with van der Waals surface area (Å²) in [6.07, 6.45) is 0. The molecular weight excluding hydrogens is 440 g/mol. The highest BCUT2D eigenvalue weighted by molar-refractivity contribution is 6.16. The van der Waals surface area contributed by atoms with Gasteiger partial charge in [0.25, 0.3) is 0 Å². The lowest BCUT2D eigenvalue weighted by atomic mass is 10.1. The van der Waals surface area contributed by atoms with Crippen LogP contribution in [-0.2, 0) is 0 Å². The predicted molar refractivity (Wildman–Crippen MR) is 148 cm³/mol. The van der Waals surface area contributed by atoms with E-state index in [1.165, 1.54) is 0 Å². The fourth-order valence-electron chi connectivity index (χ4n) is 5.46. The third-order valence-electron chi connectivity index (χ3n) is 6.92. The Morgan fingerprint density at radius 3 is 1.92 bits per heavy atom. The van der Waals surface area contributed by atoms with E-state index in [1.807, 2.05) is 36.4 Å². The van der Waals surface area contributed by atoms with Crippen molar-refractivity contribution < 1.29 is 0 Å². The molecule has 0 spiro atoms. The normalized spacial score (nSPS) is 11.3. The second-order valence-electron chi connectivity index (χ2n) is 8.82. The van der Waals surface area contributed by atoms with Crippen LogP contribution in [0, 0.1) is 13.1 Å². The van der Waals surface area contributed by atoms with Crippen molar-refractivity contribution in [1.29, 1.82) is 0 Å². The van der Waals surface area contributed by atoms with Gasteiger partial charge in [-0.3, -0.25) is 0 Å². The molecular formula is C32H18N4. The van der Waals surface area contributed by atoms with Crippen molar-refractivity contribution >= 4 is 55.0 Å². The second-order valence-corrected chi connectivity index (χ2v) is 8.82. The van der Waals surface area contributed by atoms with Gasteiger partial charge >= 0.3 is 0 Å². The second kappa shape index (κ2) is 7.60. The Balaban J connectivity index is 1.66. The molecule has 4 nitrogen and oxygen atoms in total. The summed E-state index contributed by atoms with van der Waals surface area (Å²) < 4.78 is 4.56. The van der Waals surface area contributed by atoms with Crippen LogP contribution in [0.25, 0.3) is 64.7 Å². The van der Waals surface area contributed by atoms with Crippen molar-refractivity contribution in [3.05, 3.63) is 132 Å².